The highest BCUT2D eigenvalue weighted by molar-refractivity contribution is 5.69. The molecule has 31 heavy (non-hydrogen) atoms. The summed E-state index contributed by atoms with van der Waals surface area (Å²) in [6.07, 6.45) is 0.529. The second-order valence-electron chi connectivity index (χ2n) is 7.79. The highest BCUT2D eigenvalue weighted by Crippen LogP contribution is 2.44. The highest BCUT2D eigenvalue weighted by Gasteiger charge is 2.39. The summed E-state index contributed by atoms with van der Waals surface area (Å²) in [6.45, 7) is 3.74. The third kappa shape index (κ3) is 3.90. The van der Waals surface area contributed by atoms with Gasteiger partial charge in [0.25, 0.3) is 5.92 Å². The number of pyridine rings is 1. The van der Waals surface area contributed by atoms with E-state index in [-0.39, 0.29) is 12.0 Å². The van der Waals surface area contributed by atoms with Gasteiger partial charge in [0.1, 0.15) is 11.6 Å². The Labute approximate surface area is 177 Å². The molecule has 1 aliphatic rings. The molecular formula is C24H22F4N2O. The van der Waals surface area contributed by atoms with Gasteiger partial charge in [0.05, 0.1) is 23.1 Å². The van der Waals surface area contributed by atoms with Crippen molar-refractivity contribution in [2.75, 3.05) is 5.32 Å². The van der Waals surface area contributed by atoms with Gasteiger partial charge in [-0.25, -0.2) is 17.6 Å². The molecule has 0 aliphatic heterocycles. The predicted octanol–water partition coefficient (Wildman–Crippen LogP) is 6.04. The van der Waals surface area contributed by atoms with Gasteiger partial charge in [0.2, 0.25) is 0 Å². The monoisotopic (exact) mass is 430 g/mol. The van der Waals surface area contributed by atoms with E-state index in [0.29, 0.717) is 35.3 Å². The number of aliphatic hydroxyl groups is 1. The molecule has 4 rings (SSSR count). The number of fused-ring (bicyclic) bond motifs is 1. The molecule has 0 amide bonds. The van der Waals surface area contributed by atoms with E-state index in [1.54, 1.807) is 12.1 Å². The molecule has 1 unspecified atom stereocenters. The standard InChI is InChI=1S/C24H22F4N2O/c1-3-14-10-20(16-11-17-15(9-13(16)2)7-8-24(17,27)28)29-12-21(14)30-23(31)22-18(25)5-4-6-19(22)26/h4-6,9-12,23,30-31H,3,7-8H2,1-2H3. The first-order valence-electron chi connectivity index (χ1n) is 10.1. The Morgan fingerprint density at radius 2 is 1.87 bits per heavy atom. The number of halogens is 4. The van der Waals surface area contributed by atoms with Crippen molar-refractivity contribution in [2.24, 2.45) is 0 Å². The fourth-order valence-corrected chi connectivity index (χ4v) is 4.08. The first-order valence-corrected chi connectivity index (χ1v) is 10.1. The molecule has 1 aliphatic carbocycles. The van der Waals surface area contributed by atoms with Crippen molar-refractivity contribution >= 4 is 5.69 Å². The molecule has 2 N–H and O–H groups in total. The van der Waals surface area contributed by atoms with E-state index in [2.05, 4.69) is 10.3 Å². The minimum atomic E-state index is -2.85. The largest absolute Gasteiger partial charge is 0.369 e. The summed E-state index contributed by atoms with van der Waals surface area (Å²) in [5, 5.41) is 13.0. The minimum absolute atomic E-state index is 0.0422. The number of alkyl halides is 2. The zero-order chi connectivity index (χ0) is 22.3. The lowest BCUT2D eigenvalue weighted by molar-refractivity contribution is -0.00181. The van der Waals surface area contributed by atoms with Crippen molar-refractivity contribution in [1.82, 2.24) is 4.98 Å². The highest BCUT2D eigenvalue weighted by atomic mass is 19.3. The SMILES string of the molecule is CCc1cc(-c2cc3c(cc2C)CCC3(F)F)ncc1NC(O)c1c(F)cccc1F. The molecule has 1 aromatic heterocycles. The second kappa shape index (κ2) is 7.96. The number of aryl methyl sites for hydroxylation is 3. The molecule has 0 saturated carbocycles. The lowest BCUT2D eigenvalue weighted by Gasteiger charge is -2.19. The van der Waals surface area contributed by atoms with Gasteiger partial charge in [-0.1, -0.05) is 19.1 Å². The lowest BCUT2D eigenvalue weighted by Crippen LogP contribution is -2.15. The van der Waals surface area contributed by atoms with Gasteiger partial charge in [-0.15, -0.1) is 0 Å². The molecule has 1 atom stereocenters. The number of aliphatic hydroxyl groups excluding tert-OH is 1. The molecule has 3 nitrogen and oxygen atoms in total. The number of rotatable bonds is 5. The summed E-state index contributed by atoms with van der Waals surface area (Å²) in [6, 6.07) is 8.40. The van der Waals surface area contributed by atoms with Crippen LogP contribution < -0.4 is 5.32 Å². The summed E-state index contributed by atoms with van der Waals surface area (Å²) >= 11 is 0. The van der Waals surface area contributed by atoms with E-state index < -0.39 is 29.3 Å². The van der Waals surface area contributed by atoms with E-state index in [4.69, 9.17) is 0 Å². The summed E-state index contributed by atoms with van der Waals surface area (Å²) in [5.74, 6) is -4.57. The summed E-state index contributed by atoms with van der Waals surface area (Å²) in [5.41, 5.74) is 3.35. The molecule has 0 saturated heterocycles. The average Bonchev–Trinajstić information content (AvgIpc) is 3.01. The Hall–Kier alpha value is -2.93. The van der Waals surface area contributed by atoms with Gasteiger partial charge in [-0.05, 0) is 60.7 Å². The predicted molar refractivity (Wildman–Crippen MR) is 111 cm³/mol. The Kier molecular flexibility index (Phi) is 5.47. The summed E-state index contributed by atoms with van der Waals surface area (Å²) < 4.78 is 56.4. The minimum Gasteiger partial charge on any atom is -0.369 e. The van der Waals surface area contributed by atoms with Crippen LogP contribution in [0.2, 0.25) is 0 Å². The van der Waals surface area contributed by atoms with Crippen LogP contribution in [-0.4, -0.2) is 10.1 Å². The zero-order valence-corrected chi connectivity index (χ0v) is 17.1. The van der Waals surface area contributed by atoms with Crippen molar-refractivity contribution in [1.29, 1.82) is 0 Å². The molecule has 162 valence electrons. The van der Waals surface area contributed by atoms with Gasteiger partial charge in [-0.3, -0.25) is 4.98 Å². The summed E-state index contributed by atoms with van der Waals surface area (Å²) in [4.78, 5) is 4.38. The van der Waals surface area contributed by atoms with Crippen LogP contribution in [0.15, 0.2) is 42.6 Å². The number of hydrogen-bond acceptors (Lipinski definition) is 3. The third-order valence-corrected chi connectivity index (χ3v) is 5.76. The average molecular weight is 430 g/mol. The van der Waals surface area contributed by atoms with Crippen LogP contribution in [0.3, 0.4) is 0 Å². The van der Waals surface area contributed by atoms with Crippen LogP contribution in [0.4, 0.5) is 23.2 Å². The third-order valence-electron chi connectivity index (χ3n) is 5.76. The number of anilines is 1. The lowest BCUT2D eigenvalue weighted by atomic mass is 9.96. The van der Waals surface area contributed by atoms with Crippen LogP contribution >= 0.6 is 0 Å². The van der Waals surface area contributed by atoms with E-state index >= 15 is 0 Å². The van der Waals surface area contributed by atoms with Crippen molar-refractivity contribution in [3.63, 3.8) is 0 Å². The number of nitrogens with zero attached hydrogens (tertiary/aromatic N) is 1. The molecule has 0 fully saturated rings. The maximum absolute atomic E-state index is 14.2. The van der Waals surface area contributed by atoms with Crippen LogP contribution in [0, 0.1) is 18.6 Å². The number of nitrogens with one attached hydrogen (secondary N) is 1. The van der Waals surface area contributed by atoms with Crippen LogP contribution in [0.5, 0.6) is 0 Å². The van der Waals surface area contributed by atoms with Gasteiger partial charge in [-0.2, -0.15) is 0 Å². The molecule has 7 heteroatoms. The first-order chi connectivity index (χ1) is 14.7. The normalized spacial score (nSPS) is 15.6. The van der Waals surface area contributed by atoms with E-state index in [1.165, 1.54) is 18.3 Å². The van der Waals surface area contributed by atoms with Crippen molar-refractivity contribution in [3.05, 3.63) is 82.0 Å². The van der Waals surface area contributed by atoms with Gasteiger partial charge >= 0.3 is 0 Å². The fraction of sp³-hybridized carbons (Fsp3) is 0.292. The van der Waals surface area contributed by atoms with Gasteiger partial charge in [0.15, 0.2) is 6.23 Å². The van der Waals surface area contributed by atoms with Gasteiger partial charge in [0, 0.05) is 17.5 Å². The molecule has 0 radical (unpaired) electrons. The Morgan fingerprint density at radius 3 is 2.55 bits per heavy atom. The maximum atomic E-state index is 14.2. The first kappa shape index (κ1) is 21.3. The Bertz CT molecular complexity index is 1130. The molecule has 0 spiro atoms. The van der Waals surface area contributed by atoms with E-state index in [9.17, 15) is 22.7 Å². The molecule has 3 aromatic rings. The van der Waals surface area contributed by atoms with Crippen molar-refractivity contribution in [3.8, 4) is 11.3 Å². The Morgan fingerprint density at radius 1 is 1.16 bits per heavy atom. The maximum Gasteiger partial charge on any atom is 0.273 e. The summed E-state index contributed by atoms with van der Waals surface area (Å²) in [7, 11) is 0. The van der Waals surface area contributed by atoms with E-state index in [1.807, 2.05) is 13.8 Å². The smallest absolute Gasteiger partial charge is 0.273 e. The quantitative estimate of drug-likeness (QED) is 0.383. The molecule has 0 bridgehead atoms. The topological polar surface area (TPSA) is 45.2 Å². The van der Waals surface area contributed by atoms with E-state index in [0.717, 1.165) is 23.3 Å². The van der Waals surface area contributed by atoms with Crippen molar-refractivity contribution in [2.45, 2.75) is 45.3 Å². The Balaban J connectivity index is 1.68. The van der Waals surface area contributed by atoms with Crippen LogP contribution in [0.25, 0.3) is 11.3 Å². The van der Waals surface area contributed by atoms with Gasteiger partial charge < -0.3 is 10.4 Å². The van der Waals surface area contributed by atoms with Crippen molar-refractivity contribution < 1.29 is 22.7 Å². The number of aromatic nitrogens is 1. The molecule has 1 heterocycles. The number of benzene rings is 2. The number of hydrogen-bond donors (Lipinski definition) is 2. The molecule has 2 aromatic carbocycles. The zero-order valence-electron chi connectivity index (χ0n) is 17.1. The molecular weight excluding hydrogens is 408 g/mol. The van der Waals surface area contributed by atoms with Crippen LogP contribution in [-0.2, 0) is 18.8 Å². The van der Waals surface area contributed by atoms with Crippen LogP contribution in [0.1, 0.15) is 47.4 Å². The fourth-order valence-electron chi connectivity index (χ4n) is 4.08. The second-order valence-corrected chi connectivity index (χ2v) is 7.79.